The number of benzene rings is 2. The van der Waals surface area contributed by atoms with Gasteiger partial charge in [0.25, 0.3) is 5.09 Å². The summed E-state index contributed by atoms with van der Waals surface area (Å²) in [4.78, 5) is 49.7. The molecule has 0 aromatic heterocycles. The Labute approximate surface area is 298 Å². The Hall–Kier alpha value is -4.81. The Balaban J connectivity index is 0.000000400. The van der Waals surface area contributed by atoms with Crippen molar-refractivity contribution in [1.82, 2.24) is 5.32 Å². The summed E-state index contributed by atoms with van der Waals surface area (Å²) in [6, 6.07) is 14.9. The molecule has 0 spiro atoms. The lowest BCUT2D eigenvalue weighted by molar-refractivity contribution is -0.757. The molecule has 11 nitrogen and oxygen atoms in total. The SMILES string of the molecule is C/C=C\CCCC(=O)NC(C)C(=O)Oc1ccc(CCOC(=O)CCCO[N+](=O)[O-])cc1.FCC(F)(/C=C/C1CCCC1)COc1ccccc1. The Bertz CT molecular complexity index is 1380. The van der Waals surface area contributed by atoms with Gasteiger partial charge in [-0.2, -0.15) is 0 Å². The number of carbonyl (C=O) groups is 3. The lowest BCUT2D eigenvalue weighted by atomic mass is 10.0. The third-order valence-electron chi connectivity index (χ3n) is 7.77. The number of nitrogens with zero attached hydrogens (tertiary/aromatic N) is 1. The number of hydrogen-bond donors (Lipinski definition) is 1. The molecule has 3 rings (SSSR count). The van der Waals surface area contributed by atoms with E-state index in [1.54, 1.807) is 55.5 Å². The predicted octanol–water partition coefficient (Wildman–Crippen LogP) is 7.41. The molecular weight excluding hydrogens is 666 g/mol. The van der Waals surface area contributed by atoms with Crippen molar-refractivity contribution in [3.63, 3.8) is 0 Å². The van der Waals surface area contributed by atoms with Gasteiger partial charge in [-0.05, 0) is 87.8 Å². The van der Waals surface area contributed by atoms with Gasteiger partial charge in [-0.25, -0.2) is 13.6 Å². The zero-order valence-electron chi connectivity index (χ0n) is 29.4. The Kier molecular flexibility index (Phi) is 20.2. The lowest BCUT2D eigenvalue weighted by Gasteiger charge is -2.19. The minimum atomic E-state index is -2.02. The summed E-state index contributed by atoms with van der Waals surface area (Å²) in [6.45, 7) is 2.16. The monoisotopic (exact) mass is 716 g/mol. The highest BCUT2D eigenvalue weighted by Crippen LogP contribution is 2.27. The minimum Gasteiger partial charge on any atom is -0.490 e. The summed E-state index contributed by atoms with van der Waals surface area (Å²) in [5, 5.41) is 11.7. The van der Waals surface area contributed by atoms with Crippen LogP contribution in [0.15, 0.2) is 78.9 Å². The fraction of sp³-hybridized carbons (Fsp3) is 0.500. The van der Waals surface area contributed by atoms with Crippen LogP contribution in [0.2, 0.25) is 0 Å². The highest BCUT2D eigenvalue weighted by atomic mass is 19.2. The molecule has 0 bridgehead atoms. The van der Waals surface area contributed by atoms with Crippen LogP contribution in [0.3, 0.4) is 0 Å². The van der Waals surface area contributed by atoms with E-state index in [-0.39, 0.29) is 38.6 Å². The van der Waals surface area contributed by atoms with E-state index in [1.165, 1.54) is 18.9 Å². The third kappa shape index (κ3) is 19.2. The fourth-order valence-electron chi connectivity index (χ4n) is 4.87. The van der Waals surface area contributed by atoms with Crippen molar-refractivity contribution in [2.24, 2.45) is 5.92 Å². The predicted molar refractivity (Wildman–Crippen MR) is 188 cm³/mol. The second-order valence-corrected chi connectivity index (χ2v) is 12.1. The van der Waals surface area contributed by atoms with Gasteiger partial charge in [0.1, 0.15) is 30.8 Å². The van der Waals surface area contributed by atoms with E-state index in [9.17, 15) is 33.3 Å². The number of para-hydroxylation sites is 1. The largest absolute Gasteiger partial charge is 0.490 e. The molecule has 51 heavy (non-hydrogen) atoms. The van der Waals surface area contributed by atoms with Gasteiger partial charge in [-0.3, -0.25) is 9.59 Å². The number of unbranched alkanes of at least 4 members (excludes halogenated alkanes) is 1. The lowest BCUT2D eigenvalue weighted by Crippen LogP contribution is -2.40. The summed E-state index contributed by atoms with van der Waals surface area (Å²) < 4.78 is 42.8. The molecule has 13 heteroatoms. The number of amides is 1. The van der Waals surface area contributed by atoms with E-state index in [2.05, 4.69) is 10.2 Å². The molecule has 1 amide bonds. The average Bonchev–Trinajstić information content (AvgIpc) is 3.66. The number of allylic oxidation sites excluding steroid dienone is 3. The maximum atomic E-state index is 14.3. The van der Waals surface area contributed by atoms with Crippen molar-refractivity contribution >= 4 is 17.8 Å². The van der Waals surface area contributed by atoms with Crippen LogP contribution in [0.25, 0.3) is 0 Å². The van der Waals surface area contributed by atoms with Crippen molar-refractivity contribution < 1.29 is 47.3 Å². The first-order valence-corrected chi connectivity index (χ1v) is 17.3. The van der Waals surface area contributed by atoms with Gasteiger partial charge in [0.05, 0.1) is 13.2 Å². The van der Waals surface area contributed by atoms with Crippen molar-refractivity contribution in [1.29, 1.82) is 0 Å². The van der Waals surface area contributed by atoms with Crippen LogP contribution in [0.5, 0.6) is 11.5 Å². The van der Waals surface area contributed by atoms with Crippen molar-refractivity contribution in [3.8, 4) is 11.5 Å². The van der Waals surface area contributed by atoms with E-state index < -0.39 is 35.4 Å². The summed E-state index contributed by atoms with van der Waals surface area (Å²) >= 11 is 0. The first-order valence-electron chi connectivity index (χ1n) is 17.3. The summed E-state index contributed by atoms with van der Waals surface area (Å²) in [6.07, 6.45) is 14.2. The van der Waals surface area contributed by atoms with Gasteiger partial charge in [0.15, 0.2) is 5.67 Å². The van der Waals surface area contributed by atoms with Gasteiger partial charge >= 0.3 is 11.9 Å². The Morgan fingerprint density at radius 1 is 1.02 bits per heavy atom. The molecule has 2 unspecified atom stereocenters. The molecule has 1 aliphatic rings. The number of rotatable bonds is 21. The average molecular weight is 717 g/mol. The molecule has 1 aliphatic carbocycles. The molecule has 0 aliphatic heterocycles. The van der Waals surface area contributed by atoms with Gasteiger partial charge in [0, 0.05) is 19.3 Å². The smallest absolute Gasteiger partial charge is 0.333 e. The van der Waals surface area contributed by atoms with Crippen LogP contribution < -0.4 is 14.8 Å². The zero-order chi connectivity index (χ0) is 37.3. The van der Waals surface area contributed by atoms with E-state index in [4.69, 9.17) is 14.2 Å². The number of alkyl halides is 2. The molecule has 2 atom stereocenters. The van der Waals surface area contributed by atoms with Gasteiger partial charge in [-0.1, -0.05) is 61.4 Å². The Morgan fingerprint density at radius 3 is 2.37 bits per heavy atom. The van der Waals surface area contributed by atoms with Crippen molar-refractivity contribution in [3.05, 3.63) is 94.6 Å². The second kappa shape index (κ2) is 24.4. The van der Waals surface area contributed by atoms with Crippen LogP contribution in [0, 0.1) is 16.0 Å². The number of carbonyl (C=O) groups excluding carboxylic acids is 3. The molecule has 2 aromatic carbocycles. The van der Waals surface area contributed by atoms with Crippen LogP contribution in [-0.4, -0.2) is 61.1 Å². The first-order chi connectivity index (χ1) is 24.5. The number of ether oxygens (including phenoxy) is 3. The summed E-state index contributed by atoms with van der Waals surface area (Å²) in [5.41, 5.74) is -1.14. The van der Waals surface area contributed by atoms with E-state index >= 15 is 0 Å². The Morgan fingerprint density at radius 2 is 1.73 bits per heavy atom. The first kappa shape index (κ1) is 42.4. The van der Waals surface area contributed by atoms with E-state index in [0.29, 0.717) is 36.7 Å². The molecule has 280 valence electrons. The summed E-state index contributed by atoms with van der Waals surface area (Å²) in [5.74, 6) is 0.0884. The highest BCUT2D eigenvalue weighted by molar-refractivity contribution is 5.85. The molecule has 1 N–H and O–H groups in total. The molecule has 2 aromatic rings. The molecule has 0 heterocycles. The standard InChI is InChI=1S/C22H30N2O8.C16H20F2O/c1-3-4-5-6-8-20(25)23-17(2)22(27)32-19-12-10-18(11-13-19)14-16-30-21(26)9-7-15-31-24(28)29;17-12-16(18,11-10-14-6-4-5-7-14)13-19-15-8-2-1-3-9-15/h3-4,10-13,17H,5-9,14-16H2,1-2H3,(H,23,25);1-3,8-11,14H,4-7,12-13H2/b4-3-;11-10+. The van der Waals surface area contributed by atoms with Gasteiger partial charge < -0.3 is 24.4 Å². The van der Waals surface area contributed by atoms with Crippen LogP contribution in [0.1, 0.15) is 77.2 Å². The molecule has 1 fully saturated rings. The second-order valence-electron chi connectivity index (χ2n) is 12.1. The van der Waals surface area contributed by atoms with Crippen LogP contribution >= 0.6 is 0 Å². The normalized spacial score (nSPS) is 14.6. The van der Waals surface area contributed by atoms with E-state index in [1.807, 2.05) is 31.2 Å². The number of hydrogen-bond acceptors (Lipinski definition) is 9. The number of nitrogens with one attached hydrogen (secondary N) is 1. The maximum Gasteiger partial charge on any atom is 0.333 e. The van der Waals surface area contributed by atoms with Crippen LogP contribution in [-0.2, 0) is 30.4 Å². The maximum absolute atomic E-state index is 14.3. The fourth-order valence-corrected chi connectivity index (χ4v) is 4.87. The summed E-state index contributed by atoms with van der Waals surface area (Å²) in [7, 11) is 0. The third-order valence-corrected chi connectivity index (χ3v) is 7.77. The number of halogens is 2. The van der Waals surface area contributed by atoms with Crippen molar-refractivity contribution in [2.75, 3.05) is 26.5 Å². The van der Waals surface area contributed by atoms with E-state index in [0.717, 1.165) is 24.8 Å². The molecular formula is C38H50F2N2O9. The molecule has 0 saturated heterocycles. The van der Waals surface area contributed by atoms with Gasteiger partial charge in [-0.15, -0.1) is 10.1 Å². The van der Waals surface area contributed by atoms with Gasteiger partial charge in [0.2, 0.25) is 5.91 Å². The topological polar surface area (TPSA) is 143 Å². The quantitative estimate of drug-likeness (QED) is 0.0349. The molecule has 0 radical (unpaired) electrons. The number of esters is 2. The van der Waals surface area contributed by atoms with Crippen LogP contribution in [0.4, 0.5) is 8.78 Å². The zero-order valence-corrected chi connectivity index (χ0v) is 29.4. The van der Waals surface area contributed by atoms with Crippen molar-refractivity contribution in [2.45, 2.75) is 89.8 Å². The highest BCUT2D eigenvalue weighted by Gasteiger charge is 2.28. The molecule has 1 saturated carbocycles. The minimum absolute atomic E-state index is 0.0350.